The Morgan fingerprint density at radius 2 is 2.24 bits per heavy atom. The van der Waals surface area contributed by atoms with Gasteiger partial charge in [0.05, 0.1) is 6.04 Å². The summed E-state index contributed by atoms with van der Waals surface area (Å²) in [7, 11) is 1.65. The van der Waals surface area contributed by atoms with Crippen LogP contribution in [-0.4, -0.2) is 13.7 Å². The van der Waals surface area contributed by atoms with Crippen molar-refractivity contribution in [3.05, 3.63) is 34.1 Å². The average molecular weight is 305 g/mol. The largest absolute Gasteiger partial charge is 0.385 e. The summed E-state index contributed by atoms with van der Waals surface area (Å²) in [6.07, 6.45) is 0.820. The lowest BCUT2D eigenvalue weighted by Gasteiger charge is -2.24. The van der Waals surface area contributed by atoms with Crippen molar-refractivity contribution in [2.75, 3.05) is 13.7 Å². The molecule has 0 saturated carbocycles. The zero-order valence-electron chi connectivity index (χ0n) is 10.0. The van der Waals surface area contributed by atoms with Crippen LogP contribution in [0.3, 0.4) is 0 Å². The Morgan fingerprint density at radius 1 is 1.53 bits per heavy atom. The fourth-order valence-electron chi connectivity index (χ4n) is 1.78. The van der Waals surface area contributed by atoms with Crippen LogP contribution >= 0.6 is 15.9 Å². The molecular weight excluding hydrogens is 287 g/mol. The molecule has 5 heteroatoms. The molecule has 0 radical (unpaired) electrons. The maximum Gasteiger partial charge on any atom is 0.129 e. The first-order valence-corrected chi connectivity index (χ1v) is 6.29. The van der Waals surface area contributed by atoms with E-state index in [-0.39, 0.29) is 17.8 Å². The second-order valence-electron chi connectivity index (χ2n) is 4.07. The third kappa shape index (κ3) is 4.03. The monoisotopic (exact) mass is 304 g/mol. The highest BCUT2D eigenvalue weighted by Gasteiger charge is 2.20. The molecule has 3 nitrogen and oxygen atoms in total. The van der Waals surface area contributed by atoms with Crippen LogP contribution in [0.15, 0.2) is 22.7 Å². The Labute approximate surface area is 110 Å². The Bertz CT molecular complexity index is 362. The highest BCUT2D eigenvalue weighted by Crippen LogP contribution is 2.27. The molecule has 0 aliphatic heterocycles. The molecule has 0 amide bonds. The molecule has 0 aliphatic rings. The van der Waals surface area contributed by atoms with Crippen molar-refractivity contribution in [3.8, 4) is 0 Å². The topological polar surface area (TPSA) is 47.3 Å². The number of benzene rings is 1. The lowest BCUT2D eigenvalue weighted by molar-refractivity contribution is 0.169. The van der Waals surface area contributed by atoms with E-state index in [2.05, 4.69) is 21.4 Å². The molecule has 2 atom stereocenters. The first-order valence-electron chi connectivity index (χ1n) is 5.50. The molecule has 0 fully saturated rings. The molecule has 0 heterocycles. The predicted molar refractivity (Wildman–Crippen MR) is 69.8 cm³/mol. The van der Waals surface area contributed by atoms with E-state index < -0.39 is 0 Å². The van der Waals surface area contributed by atoms with Crippen LogP contribution in [-0.2, 0) is 4.74 Å². The van der Waals surface area contributed by atoms with Crippen LogP contribution in [0.1, 0.15) is 24.9 Å². The van der Waals surface area contributed by atoms with E-state index in [1.165, 1.54) is 6.07 Å². The molecule has 0 bridgehead atoms. The summed E-state index contributed by atoms with van der Waals surface area (Å²) < 4.78 is 19.6. The van der Waals surface area contributed by atoms with Crippen LogP contribution in [0.4, 0.5) is 4.39 Å². The number of hydrogen-bond donors (Lipinski definition) is 2. The fraction of sp³-hybridized carbons (Fsp3) is 0.500. The summed E-state index contributed by atoms with van der Waals surface area (Å²) in [6, 6.07) is 4.79. The molecule has 0 saturated heterocycles. The number of nitrogens with one attached hydrogen (secondary N) is 1. The molecule has 0 aliphatic carbocycles. The van der Waals surface area contributed by atoms with Crippen molar-refractivity contribution in [1.29, 1.82) is 0 Å². The molecule has 1 aromatic carbocycles. The van der Waals surface area contributed by atoms with Crippen LogP contribution in [0.2, 0.25) is 0 Å². The summed E-state index contributed by atoms with van der Waals surface area (Å²) in [6.45, 7) is 2.66. The number of hydrogen-bond acceptors (Lipinski definition) is 3. The molecule has 0 aromatic heterocycles. The molecule has 96 valence electrons. The minimum Gasteiger partial charge on any atom is -0.385 e. The normalized spacial score (nSPS) is 14.6. The van der Waals surface area contributed by atoms with E-state index >= 15 is 0 Å². The fourth-order valence-corrected chi connectivity index (χ4v) is 2.12. The number of ether oxygens (including phenoxy) is 1. The standard InChI is InChI=1S/C12H18BrFN2O/c1-8(5-6-17-2)12(16-15)10-4-3-9(13)7-11(10)14/h3-4,7-8,12,16H,5-6,15H2,1-2H3. The van der Waals surface area contributed by atoms with E-state index in [1.54, 1.807) is 13.2 Å². The number of nitrogens with two attached hydrogens (primary N) is 1. The SMILES string of the molecule is COCCC(C)C(NN)c1ccc(Br)cc1F. The Balaban J connectivity index is 2.85. The van der Waals surface area contributed by atoms with Crippen molar-refractivity contribution in [3.63, 3.8) is 0 Å². The quantitative estimate of drug-likeness (QED) is 0.627. The minimum absolute atomic E-state index is 0.190. The maximum absolute atomic E-state index is 13.8. The minimum atomic E-state index is -0.258. The van der Waals surface area contributed by atoms with Crippen molar-refractivity contribution < 1.29 is 9.13 Å². The van der Waals surface area contributed by atoms with Gasteiger partial charge in [-0.25, -0.2) is 4.39 Å². The van der Waals surface area contributed by atoms with E-state index in [9.17, 15) is 4.39 Å². The first kappa shape index (κ1) is 14.6. The third-order valence-corrected chi connectivity index (χ3v) is 3.32. The zero-order chi connectivity index (χ0) is 12.8. The van der Waals surface area contributed by atoms with Gasteiger partial charge < -0.3 is 4.74 Å². The van der Waals surface area contributed by atoms with Gasteiger partial charge >= 0.3 is 0 Å². The van der Waals surface area contributed by atoms with Gasteiger partial charge in [0.25, 0.3) is 0 Å². The number of hydrazine groups is 1. The van der Waals surface area contributed by atoms with Gasteiger partial charge in [-0.1, -0.05) is 28.9 Å². The summed E-state index contributed by atoms with van der Waals surface area (Å²) in [5.74, 6) is 5.45. The molecule has 1 rings (SSSR count). The van der Waals surface area contributed by atoms with Crippen LogP contribution in [0, 0.1) is 11.7 Å². The smallest absolute Gasteiger partial charge is 0.129 e. The van der Waals surface area contributed by atoms with Crippen molar-refractivity contribution in [2.45, 2.75) is 19.4 Å². The van der Waals surface area contributed by atoms with Gasteiger partial charge in [-0.2, -0.15) is 0 Å². The summed E-state index contributed by atoms with van der Waals surface area (Å²) in [4.78, 5) is 0. The van der Waals surface area contributed by atoms with E-state index in [0.717, 1.165) is 10.9 Å². The molecular formula is C12H18BrFN2O. The third-order valence-electron chi connectivity index (χ3n) is 2.82. The molecule has 2 unspecified atom stereocenters. The van der Waals surface area contributed by atoms with Crippen molar-refractivity contribution in [2.24, 2.45) is 11.8 Å². The van der Waals surface area contributed by atoms with E-state index in [0.29, 0.717) is 12.2 Å². The zero-order valence-corrected chi connectivity index (χ0v) is 11.6. The second-order valence-corrected chi connectivity index (χ2v) is 4.98. The number of rotatable bonds is 6. The summed E-state index contributed by atoms with van der Waals surface area (Å²) in [5, 5.41) is 0. The molecule has 3 N–H and O–H groups in total. The lowest BCUT2D eigenvalue weighted by atomic mass is 9.92. The van der Waals surface area contributed by atoms with Gasteiger partial charge in [0, 0.05) is 23.8 Å². The highest BCUT2D eigenvalue weighted by molar-refractivity contribution is 9.10. The van der Waals surface area contributed by atoms with Gasteiger partial charge in [-0.15, -0.1) is 0 Å². The molecule has 1 aromatic rings. The number of methoxy groups -OCH3 is 1. The lowest BCUT2D eigenvalue weighted by Crippen LogP contribution is -2.33. The van der Waals surface area contributed by atoms with Gasteiger partial charge in [0.1, 0.15) is 5.82 Å². The molecule has 17 heavy (non-hydrogen) atoms. The molecule has 0 spiro atoms. The van der Waals surface area contributed by atoms with Gasteiger partial charge in [0.2, 0.25) is 0 Å². The first-order chi connectivity index (χ1) is 8.10. The predicted octanol–water partition coefficient (Wildman–Crippen LogP) is 2.77. The van der Waals surface area contributed by atoms with E-state index in [4.69, 9.17) is 10.6 Å². The van der Waals surface area contributed by atoms with E-state index in [1.807, 2.05) is 13.0 Å². The van der Waals surface area contributed by atoms with Crippen LogP contribution in [0.25, 0.3) is 0 Å². The summed E-state index contributed by atoms with van der Waals surface area (Å²) >= 11 is 3.23. The second kappa shape index (κ2) is 7.06. The maximum atomic E-state index is 13.8. The Morgan fingerprint density at radius 3 is 2.76 bits per heavy atom. The van der Waals surface area contributed by atoms with Crippen LogP contribution < -0.4 is 11.3 Å². The van der Waals surface area contributed by atoms with Gasteiger partial charge in [0.15, 0.2) is 0 Å². The number of halogens is 2. The van der Waals surface area contributed by atoms with Crippen molar-refractivity contribution in [1.82, 2.24) is 5.43 Å². The van der Waals surface area contributed by atoms with Crippen LogP contribution in [0.5, 0.6) is 0 Å². The Hall–Kier alpha value is -0.490. The average Bonchev–Trinajstić information content (AvgIpc) is 2.30. The summed E-state index contributed by atoms with van der Waals surface area (Å²) in [5.41, 5.74) is 3.26. The van der Waals surface area contributed by atoms with Gasteiger partial charge in [-0.3, -0.25) is 11.3 Å². The Kier molecular flexibility index (Phi) is 6.05. The van der Waals surface area contributed by atoms with Gasteiger partial charge in [-0.05, 0) is 24.5 Å². The highest BCUT2D eigenvalue weighted by atomic mass is 79.9. The van der Waals surface area contributed by atoms with Crippen molar-refractivity contribution >= 4 is 15.9 Å².